The highest BCUT2D eigenvalue weighted by atomic mass is 14.2. The lowest BCUT2D eigenvalue weighted by atomic mass is 10.1. The molecule has 0 unspecified atom stereocenters. The Balaban J connectivity index is 3.08. The van der Waals surface area contributed by atoms with Crippen molar-refractivity contribution in [2.45, 2.75) is 58.3 Å². The molecule has 15 heavy (non-hydrogen) atoms. The maximum Gasteiger partial charge on any atom is 0.0624 e. The Labute approximate surface area is 94.5 Å². The lowest BCUT2D eigenvalue weighted by molar-refractivity contribution is 0.694. The molecule has 0 atom stereocenters. The summed E-state index contributed by atoms with van der Waals surface area (Å²) in [4.78, 5) is 0. The molecule has 0 aliphatic carbocycles. The van der Waals surface area contributed by atoms with Crippen molar-refractivity contribution in [1.29, 1.82) is 5.26 Å². The summed E-state index contributed by atoms with van der Waals surface area (Å²) in [5.41, 5.74) is 0. The molecule has 0 amide bonds. The van der Waals surface area contributed by atoms with Gasteiger partial charge in [0.1, 0.15) is 0 Å². The van der Waals surface area contributed by atoms with E-state index in [1.54, 1.807) is 0 Å². The van der Waals surface area contributed by atoms with Crippen LogP contribution in [0.2, 0.25) is 0 Å². The van der Waals surface area contributed by atoms with Gasteiger partial charge in [-0.05, 0) is 38.5 Å². The van der Waals surface area contributed by atoms with Crippen LogP contribution < -0.4 is 0 Å². The first kappa shape index (κ1) is 14.0. The van der Waals surface area contributed by atoms with Gasteiger partial charge in [-0.3, -0.25) is 0 Å². The quantitative estimate of drug-likeness (QED) is 0.393. The highest BCUT2D eigenvalue weighted by Gasteiger charge is 1.85. The van der Waals surface area contributed by atoms with Gasteiger partial charge < -0.3 is 0 Å². The Morgan fingerprint density at radius 2 is 1.47 bits per heavy atom. The van der Waals surface area contributed by atoms with Crippen molar-refractivity contribution in [3.63, 3.8) is 0 Å². The van der Waals surface area contributed by atoms with Gasteiger partial charge in [0.2, 0.25) is 0 Å². The Kier molecular flexibility index (Phi) is 12.1. The van der Waals surface area contributed by atoms with Gasteiger partial charge in [0.25, 0.3) is 0 Å². The smallest absolute Gasteiger partial charge is 0.0624 e. The van der Waals surface area contributed by atoms with E-state index in [1.807, 2.05) is 0 Å². The van der Waals surface area contributed by atoms with Gasteiger partial charge in [0.05, 0.1) is 6.07 Å². The molecule has 0 heterocycles. The fourth-order valence-electron chi connectivity index (χ4n) is 1.37. The average Bonchev–Trinajstić information content (AvgIpc) is 2.26. The highest BCUT2D eigenvalue weighted by molar-refractivity contribution is 4.85. The molecule has 0 bridgehead atoms. The molecule has 84 valence electrons. The molecule has 0 fully saturated rings. The second-order valence-corrected chi connectivity index (χ2v) is 3.69. The molecular weight excluding hydrogens is 182 g/mol. The number of hydrogen-bond donors (Lipinski definition) is 0. The topological polar surface area (TPSA) is 23.8 Å². The minimum Gasteiger partial charge on any atom is -0.198 e. The number of rotatable bonds is 9. The van der Waals surface area contributed by atoms with Gasteiger partial charge in [0.15, 0.2) is 0 Å². The molecule has 0 aromatic heterocycles. The van der Waals surface area contributed by atoms with Gasteiger partial charge in [-0.1, -0.05) is 37.6 Å². The van der Waals surface area contributed by atoms with Crippen LogP contribution in [-0.4, -0.2) is 0 Å². The fraction of sp³-hybridized carbons (Fsp3) is 0.643. The second-order valence-electron chi connectivity index (χ2n) is 3.69. The Hall–Kier alpha value is -1.03. The third-order valence-electron chi connectivity index (χ3n) is 2.23. The van der Waals surface area contributed by atoms with Crippen molar-refractivity contribution in [3.8, 4) is 6.07 Å². The first-order chi connectivity index (χ1) is 7.41. The van der Waals surface area contributed by atoms with Crippen molar-refractivity contribution < 1.29 is 0 Å². The summed E-state index contributed by atoms with van der Waals surface area (Å²) in [6, 6.07) is 2.14. The van der Waals surface area contributed by atoms with Gasteiger partial charge in [-0.25, -0.2) is 0 Å². The summed E-state index contributed by atoms with van der Waals surface area (Å²) >= 11 is 0. The van der Waals surface area contributed by atoms with Crippen LogP contribution >= 0.6 is 0 Å². The summed E-state index contributed by atoms with van der Waals surface area (Å²) in [6.07, 6.45) is 17.9. The third kappa shape index (κ3) is 13.0. The maximum absolute atomic E-state index is 8.32. The van der Waals surface area contributed by atoms with Crippen molar-refractivity contribution >= 4 is 0 Å². The lowest BCUT2D eigenvalue weighted by Gasteiger charge is -1.94. The summed E-state index contributed by atoms with van der Waals surface area (Å²) < 4.78 is 0. The molecule has 0 N–H and O–H groups in total. The summed E-state index contributed by atoms with van der Waals surface area (Å²) in [5, 5.41) is 8.32. The molecule has 0 aromatic carbocycles. The zero-order valence-electron chi connectivity index (χ0n) is 9.91. The lowest BCUT2D eigenvalue weighted by Crippen LogP contribution is -1.75. The van der Waals surface area contributed by atoms with E-state index in [2.05, 4.69) is 37.3 Å². The van der Waals surface area contributed by atoms with Crippen LogP contribution in [0.5, 0.6) is 0 Å². The van der Waals surface area contributed by atoms with E-state index in [0.717, 1.165) is 12.8 Å². The van der Waals surface area contributed by atoms with E-state index in [0.29, 0.717) is 6.42 Å². The summed E-state index contributed by atoms with van der Waals surface area (Å²) in [7, 11) is 0. The van der Waals surface area contributed by atoms with Crippen LogP contribution in [0.4, 0.5) is 0 Å². The average molecular weight is 205 g/mol. The maximum atomic E-state index is 8.32. The third-order valence-corrected chi connectivity index (χ3v) is 2.23. The SMILES string of the molecule is CC/C=C/CCCCC/C=C/CCC#N. The first-order valence-electron chi connectivity index (χ1n) is 6.08. The minimum atomic E-state index is 0.651. The van der Waals surface area contributed by atoms with Crippen molar-refractivity contribution in [3.05, 3.63) is 24.3 Å². The first-order valence-corrected chi connectivity index (χ1v) is 6.08. The fourth-order valence-corrected chi connectivity index (χ4v) is 1.37. The van der Waals surface area contributed by atoms with Gasteiger partial charge >= 0.3 is 0 Å². The molecule has 0 radical (unpaired) electrons. The van der Waals surface area contributed by atoms with E-state index < -0.39 is 0 Å². The number of nitriles is 1. The summed E-state index contributed by atoms with van der Waals surface area (Å²) in [5.74, 6) is 0. The number of allylic oxidation sites excluding steroid dienone is 4. The number of hydrogen-bond acceptors (Lipinski definition) is 1. The van der Waals surface area contributed by atoms with Crippen LogP contribution in [0.25, 0.3) is 0 Å². The van der Waals surface area contributed by atoms with E-state index in [4.69, 9.17) is 5.26 Å². The van der Waals surface area contributed by atoms with Crippen molar-refractivity contribution in [2.24, 2.45) is 0 Å². The minimum absolute atomic E-state index is 0.651. The zero-order valence-corrected chi connectivity index (χ0v) is 9.91. The largest absolute Gasteiger partial charge is 0.198 e. The van der Waals surface area contributed by atoms with Crippen molar-refractivity contribution in [1.82, 2.24) is 0 Å². The van der Waals surface area contributed by atoms with E-state index in [-0.39, 0.29) is 0 Å². The van der Waals surface area contributed by atoms with Crippen LogP contribution in [0.3, 0.4) is 0 Å². The molecule has 0 spiro atoms. The second kappa shape index (κ2) is 13.0. The van der Waals surface area contributed by atoms with Gasteiger partial charge in [0, 0.05) is 6.42 Å². The normalized spacial score (nSPS) is 11.2. The molecule has 0 saturated heterocycles. The predicted molar refractivity (Wildman–Crippen MR) is 66.5 cm³/mol. The molecule has 0 aromatic rings. The molecule has 1 heteroatoms. The number of unbranched alkanes of at least 4 members (excludes halogenated alkanes) is 5. The molecule has 0 aliphatic heterocycles. The molecule has 0 rings (SSSR count). The molecule has 0 saturated carbocycles. The monoisotopic (exact) mass is 205 g/mol. The van der Waals surface area contributed by atoms with Crippen LogP contribution in [0.15, 0.2) is 24.3 Å². The van der Waals surface area contributed by atoms with Gasteiger partial charge in [-0.2, -0.15) is 5.26 Å². The standard InChI is InChI=1S/C14H23N/c1-2-3-4-5-6-7-8-9-10-11-12-13-14-15/h3-4,10-11H,2,5-9,12-13H2,1H3/b4-3+,11-10+. The molecule has 0 aliphatic rings. The summed E-state index contributed by atoms with van der Waals surface area (Å²) in [6.45, 7) is 2.17. The van der Waals surface area contributed by atoms with Crippen molar-refractivity contribution in [2.75, 3.05) is 0 Å². The Morgan fingerprint density at radius 1 is 0.867 bits per heavy atom. The van der Waals surface area contributed by atoms with Crippen LogP contribution in [-0.2, 0) is 0 Å². The molecule has 1 nitrogen and oxygen atoms in total. The predicted octanol–water partition coefficient (Wildman–Crippen LogP) is 4.76. The molecular formula is C14H23N. The number of nitrogens with zero attached hydrogens (tertiary/aromatic N) is 1. The van der Waals surface area contributed by atoms with Crippen LogP contribution in [0.1, 0.15) is 58.3 Å². The highest BCUT2D eigenvalue weighted by Crippen LogP contribution is 2.05. The van der Waals surface area contributed by atoms with E-state index in [9.17, 15) is 0 Å². The van der Waals surface area contributed by atoms with Crippen LogP contribution in [0, 0.1) is 11.3 Å². The van der Waals surface area contributed by atoms with E-state index in [1.165, 1.54) is 32.1 Å². The Morgan fingerprint density at radius 3 is 2.07 bits per heavy atom. The Bertz CT molecular complexity index is 208. The zero-order chi connectivity index (χ0) is 11.2. The van der Waals surface area contributed by atoms with E-state index >= 15 is 0 Å². The van der Waals surface area contributed by atoms with Gasteiger partial charge in [-0.15, -0.1) is 0 Å².